The zero-order chi connectivity index (χ0) is 15.9. The normalized spacial score (nSPS) is 10.2. The molecular formula is C18H20N2O2. The van der Waals surface area contributed by atoms with Crippen LogP contribution in [0, 0.1) is 6.92 Å². The van der Waals surface area contributed by atoms with E-state index in [2.05, 4.69) is 29.6 Å². The molecule has 22 heavy (non-hydrogen) atoms. The third-order valence-electron chi connectivity index (χ3n) is 3.39. The molecule has 4 heteroatoms. The van der Waals surface area contributed by atoms with Gasteiger partial charge in [0.05, 0.1) is 6.42 Å². The molecule has 0 spiro atoms. The first-order chi connectivity index (χ1) is 10.5. The molecule has 0 aliphatic heterocycles. The number of rotatable bonds is 6. The summed E-state index contributed by atoms with van der Waals surface area (Å²) in [5, 5.41) is 2.89. The number of primary amides is 1. The lowest BCUT2D eigenvalue weighted by atomic mass is 10.1. The van der Waals surface area contributed by atoms with Gasteiger partial charge in [-0.1, -0.05) is 42.0 Å². The summed E-state index contributed by atoms with van der Waals surface area (Å²) < 4.78 is 0. The highest BCUT2D eigenvalue weighted by atomic mass is 16.2. The summed E-state index contributed by atoms with van der Waals surface area (Å²) in [6.07, 6.45) is 0.928. The molecule has 0 saturated heterocycles. The minimum absolute atomic E-state index is 0.140. The standard InChI is InChI=1S/C18H20N2O2/c1-13-5-7-14(8-6-13)9-10-20-18(22)16-4-2-3-15(11-16)12-17(19)21/h2-8,11H,9-10,12H2,1H3,(H2,19,21)(H,20,22). The number of amides is 2. The van der Waals surface area contributed by atoms with E-state index >= 15 is 0 Å². The van der Waals surface area contributed by atoms with Crippen LogP contribution in [0.1, 0.15) is 27.0 Å². The summed E-state index contributed by atoms with van der Waals surface area (Å²) in [4.78, 5) is 23.0. The molecule has 2 rings (SSSR count). The summed E-state index contributed by atoms with van der Waals surface area (Å²) in [6.45, 7) is 2.62. The van der Waals surface area contributed by atoms with Crippen molar-refractivity contribution in [1.29, 1.82) is 0 Å². The molecule has 0 bridgehead atoms. The van der Waals surface area contributed by atoms with Crippen LogP contribution in [0.5, 0.6) is 0 Å². The second-order valence-corrected chi connectivity index (χ2v) is 5.33. The number of nitrogens with one attached hydrogen (secondary N) is 1. The van der Waals surface area contributed by atoms with Gasteiger partial charge in [0.1, 0.15) is 0 Å². The summed E-state index contributed by atoms with van der Waals surface area (Å²) >= 11 is 0. The Kier molecular flexibility index (Phi) is 5.31. The summed E-state index contributed by atoms with van der Waals surface area (Å²) in [5.74, 6) is -0.546. The lowest BCUT2D eigenvalue weighted by molar-refractivity contribution is -0.117. The molecule has 0 radical (unpaired) electrons. The van der Waals surface area contributed by atoms with E-state index in [0.29, 0.717) is 12.1 Å². The Morgan fingerprint density at radius 1 is 1.05 bits per heavy atom. The smallest absolute Gasteiger partial charge is 0.251 e. The van der Waals surface area contributed by atoms with Crippen LogP contribution in [0.15, 0.2) is 48.5 Å². The van der Waals surface area contributed by atoms with Gasteiger partial charge in [-0.15, -0.1) is 0 Å². The molecule has 2 aromatic rings. The van der Waals surface area contributed by atoms with Crippen molar-refractivity contribution in [3.63, 3.8) is 0 Å². The Labute approximate surface area is 130 Å². The molecule has 4 nitrogen and oxygen atoms in total. The minimum Gasteiger partial charge on any atom is -0.369 e. The van der Waals surface area contributed by atoms with Crippen molar-refractivity contribution >= 4 is 11.8 Å². The van der Waals surface area contributed by atoms with Crippen LogP contribution in [0.3, 0.4) is 0 Å². The molecular weight excluding hydrogens is 276 g/mol. The summed E-state index contributed by atoms with van der Waals surface area (Å²) in [6, 6.07) is 15.2. The first kappa shape index (κ1) is 15.8. The molecule has 114 valence electrons. The van der Waals surface area contributed by atoms with E-state index in [0.717, 1.165) is 12.0 Å². The highest BCUT2D eigenvalue weighted by Gasteiger charge is 2.07. The maximum absolute atomic E-state index is 12.1. The van der Waals surface area contributed by atoms with Crippen molar-refractivity contribution in [2.45, 2.75) is 19.8 Å². The van der Waals surface area contributed by atoms with Gasteiger partial charge in [-0.05, 0) is 36.6 Å². The second-order valence-electron chi connectivity index (χ2n) is 5.33. The average Bonchev–Trinajstić information content (AvgIpc) is 2.49. The summed E-state index contributed by atoms with van der Waals surface area (Å²) in [7, 11) is 0. The monoisotopic (exact) mass is 296 g/mol. The van der Waals surface area contributed by atoms with E-state index in [1.54, 1.807) is 24.3 Å². The molecule has 0 saturated carbocycles. The minimum atomic E-state index is -0.406. The Bertz CT molecular complexity index is 663. The van der Waals surface area contributed by atoms with Crippen molar-refractivity contribution < 1.29 is 9.59 Å². The van der Waals surface area contributed by atoms with Crippen LogP contribution in [0.25, 0.3) is 0 Å². The van der Waals surface area contributed by atoms with E-state index in [-0.39, 0.29) is 12.3 Å². The van der Waals surface area contributed by atoms with Crippen LogP contribution in [-0.2, 0) is 17.6 Å². The van der Waals surface area contributed by atoms with E-state index in [1.165, 1.54) is 11.1 Å². The predicted octanol–water partition coefficient (Wildman–Crippen LogP) is 2.00. The zero-order valence-electron chi connectivity index (χ0n) is 12.6. The van der Waals surface area contributed by atoms with Gasteiger partial charge in [0.25, 0.3) is 5.91 Å². The van der Waals surface area contributed by atoms with Gasteiger partial charge in [0.2, 0.25) is 5.91 Å². The van der Waals surface area contributed by atoms with E-state index in [1.807, 2.05) is 6.92 Å². The van der Waals surface area contributed by atoms with Gasteiger partial charge in [0, 0.05) is 12.1 Å². The Hall–Kier alpha value is -2.62. The molecule has 0 atom stereocenters. The number of carbonyl (C=O) groups is 2. The molecule has 0 unspecified atom stereocenters. The molecule has 2 aromatic carbocycles. The maximum Gasteiger partial charge on any atom is 0.251 e. The Morgan fingerprint density at radius 3 is 2.45 bits per heavy atom. The topological polar surface area (TPSA) is 72.2 Å². The first-order valence-electron chi connectivity index (χ1n) is 7.25. The third kappa shape index (κ3) is 4.74. The fraction of sp³-hybridized carbons (Fsp3) is 0.222. The maximum atomic E-state index is 12.1. The predicted molar refractivity (Wildman–Crippen MR) is 86.6 cm³/mol. The molecule has 0 heterocycles. The van der Waals surface area contributed by atoms with Gasteiger partial charge in [-0.25, -0.2) is 0 Å². The molecule has 3 N–H and O–H groups in total. The number of benzene rings is 2. The number of carbonyl (C=O) groups excluding carboxylic acids is 2. The number of hydrogen-bond acceptors (Lipinski definition) is 2. The zero-order valence-corrected chi connectivity index (χ0v) is 12.6. The lowest BCUT2D eigenvalue weighted by Crippen LogP contribution is -2.26. The van der Waals surface area contributed by atoms with Crippen LogP contribution in [0.4, 0.5) is 0 Å². The van der Waals surface area contributed by atoms with E-state index < -0.39 is 5.91 Å². The van der Waals surface area contributed by atoms with Crippen molar-refractivity contribution in [3.05, 3.63) is 70.8 Å². The number of aryl methyl sites for hydroxylation is 1. The number of nitrogens with two attached hydrogens (primary N) is 1. The fourth-order valence-corrected chi connectivity index (χ4v) is 2.20. The molecule has 0 aliphatic rings. The molecule has 0 aromatic heterocycles. The molecule has 0 aliphatic carbocycles. The van der Waals surface area contributed by atoms with Gasteiger partial charge in [-0.2, -0.15) is 0 Å². The second kappa shape index (κ2) is 7.41. The Balaban J connectivity index is 1.89. The summed E-state index contributed by atoms with van der Waals surface area (Å²) in [5.41, 5.74) is 8.87. The van der Waals surface area contributed by atoms with Crippen molar-refractivity contribution in [1.82, 2.24) is 5.32 Å². The van der Waals surface area contributed by atoms with Gasteiger partial charge in [0.15, 0.2) is 0 Å². The fourth-order valence-electron chi connectivity index (χ4n) is 2.20. The molecule has 0 fully saturated rings. The largest absolute Gasteiger partial charge is 0.369 e. The average molecular weight is 296 g/mol. The Morgan fingerprint density at radius 2 is 1.77 bits per heavy atom. The van der Waals surface area contributed by atoms with Crippen molar-refractivity contribution in [3.8, 4) is 0 Å². The van der Waals surface area contributed by atoms with Crippen LogP contribution in [-0.4, -0.2) is 18.4 Å². The van der Waals surface area contributed by atoms with Crippen LogP contribution >= 0.6 is 0 Å². The van der Waals surface area contributed by atoms with Crippen LogP contribution < -0.4 is 11.1 Å². The van der Waals surface area contributed by atoms with E-state index in [9.17, 15) is 9.59 Å². The quantitative estimate of drug-likeness (QED) is 0.855. The third-order valence-corrected chi connectivity index (χ3v) is 3.39. The van der Waals surface area contributed by atoms with Crippen molar-refractivity contribution in [2.75, 3.05) is 6.54 Å². The van der Waals surface area contributed by atoms with Gasteiger partial charge in [-0.3, -0.25) is 9.59 Å². The number of hydrogen-bond donors (Lipinski definition) is 2. The highest BCUT2D eigenvalue weighted by molar-refractivity contribution is 5.94. The van der Waals surface area contributed by atoms with Crippen LogP contribution in [0.2, 0.25) is 0 Å². The van der Waals surface area contributed by atoms with Gasteiger partial charge >= 0.3 is 0 Å². The lowest BCUT2D eigenvalue weighted by Gasteiger charge is -2.07. The van der Waals surface area contributed by atoms with Crippen molar-refractivity contribution in [2.24, 2.45) is 5.73 Å². The van der Waals surface area contributed by atoms with Gasteiger partial charge < -0.3 is 11.1 Å². The SMILES string of the molecule is Cc1ccc(CCNC(=O)c2cccc(CC(N)=O)c2)cc1. The molecule has 2 amide bonds. The highest BCUT2D eigenvalue weighted by Crippen LogP contribution is 2.07. The first-order valence-corrected chi connectivity index (χ1v) is 7.25. The van der Waals surface area contributed by atoms with E-state index in [4.69, 9.17) is 5.73 Å².